The summed E-state index contributed by atoms with van der Waals surface area (Å²) in [5.41, 5.74) is 1.63. The number of benzene rings is 2. The number of imide groups is 1. The van der Waals surface area contributed by atoms with Crippen molar-refractivity contribution in [3.8, 4) is 5.75 Å². The van der Waals surface area contributed by atoms with Crippen molar-refractivity contribution in [2.24, 2.45) is 0 Å². The molecule has 0 bridgehead atoms. The molecule has 30 heavy (non-hydrogen) atoms. The molecule has 0 saturated carbocycles. The van der Waals surface area contributed by atoms with Crippen molar-refractivity contribution in [1.82, 2.24) is 4.90 Å². The Hall–Kier alpha value is -1.93. The normalized spacial score (nSPS) is 15.0. The third-order valence-electron chi connectivity index (χ3n) is 4.03. The van der Waals surface area contributed by atoms with Crippen molar-refractivity contribution >= 4 is 79.9 Å². The van der Waals surface area contributed by atoms with Crippen molar-refractivity contribution in [2.45, 2.75) is 6.61 Å². The van der Waals surface area contributed by atoms with Crippen LogP contribution in [0.1, 0.15) is 11.1 Å². The molecule has 0 atom stereocenters. The van der Waals surface area contributed by atoms with E-state index in [1.165, 1.54) is 18.2 Å². The third kappa shape index (κ3) is 5.21. The highest BCUT2D eigenvalue weighted by Crippen LogP contribution is 2.35. The van der Waals surface area contributed by atoms with Crippen LogP contribution in [0, 0.1) is 17.3 Å². The maximum atomic E-state index is 12.4. The summed E-state index contributed by atoms with van der Waals surface area (Å²) in [7, 11) is 0. The molecular formula is C20H14I2N2O5S. The quantitative estimate of drug-likeness (QED) is 0.128. The smallest absolute Gasteiger partial charge is 0.293 e. The number of halogens is 2. The van der Waals surface area contributed by atoms with Gasteiger partial charge < -0.3 is 4.74 Å². The lowest BCUT2D eigenvalue weighted by Crippen LogP contribution is -2.27. The van der Waals surface area contributed by atoms with Crippen LogP contribution >= 0.6 is 56.9 Å². The summed E-state index contributed by atoms with van der Waals surface area (Å²) >= 11 is 5.21. The van der Waals surface area contributed by atoms with E-state index >= 15 is 0 Å². The third-order valence-corrected chi connectivity index (χ3v) is 6.54. The van der Waals surface area contributed by atoms with Crippen LogP contribution in [0.4, 0.5) is 10.5 Å². The molecule has 1 saturated heterocycles. The first-order valence-corrected chi connectivity index (χ1v) is 11.5. The molecule has 3 rings (SSSR count). The summed E-state index contributed by atoms with van der Waals surface area (Å²) in [6.07, 6.45) is 3.21. The van der Waals surface area contributed by atoms with Crippen molar-refractivity contribution in [2.75, 3.05) is 6.54 Å². The average molecular weight is 648 g/mol. The molecule has 0 aliphatic carbocycles. The van der Waals surface area contributed by atoms with Gasteiger partial charge in [-0.2, -0.15) is 0 Å². The molecule has 2 aromatic carbocycles. The van der Waals surface area contributed by atoms with E-state index in [2.05, 4.69) is 51.8 Å². The largest absolute Gasteiger partial charge is 0.487 e. The Labute approximate surface area is 204 Å². The van der Waals surface area contributed by atoms with Gasteiger partial charge in [-0.05, 0) is 98.4 Å². The molecular weight excluding hydrogens is 634 g/mol. The second-order valence-electron chi connectivity index (χ2n) is 6.11. The molecule has 0 unspecified atom stereocenters. The number of non-ortho nitro benzene ring substituents is 1. The van der Waals surface area contributed by atoms with E-state index in [1.54, 1.807) is 18.2 Å². The molecule has 10 heteroatoms. The highest BCUT2D eigenvalue weighted by Gasteiger charge is 2.34. The number of amides is 2. The standard InChI is InChI=1S/C20H14I2N2O5S/c1-2-7-23-19(25)17(30-20(23)26)10-13-8-15(21)18(16(22)9-13)29-11-12-3-5-14(6-4-12)24(27)28/h2-6,8-10H,1,7,11H2/b17-10+. The number of nitrogens with zero attached hydrogens (tertiary/aromatic N) is 2. The fourth-order valence-electron chi connectivity index (χ4n) is 2.61. The van der Waals surface area contributed by atoms with Crippen LogP contribution in [0.5, 0.6) is 5.75 Å². The minimum atomic E-state index is -0.443. The molecule has 1 aliphatic rings. The second-order valence-corrected chi connectivity index (χ2v) is 9.42. The van der Waals surface area contributed by atoms with Gasteiger partial charge in [-0.25, -0.2) is 0 Å². The lowest BCUT2D eigenvalue weighted by atomic mass is 10.2. The van der Waals surface area contributed by atoms with E-state index in [0.717, 1.165) is 34.9 Å². The van der Waals surface area contributed by atoms with Crippen LogP contribution < -0.4 is 4.74 Å². The van der Waals surface area contributed by atoms with Crippen LogP contribution in [-0.2, 0) is 11.4 Å². The van der Waals surface area contributed by atoms with Gasteiger partial charge in [0, 0.05) is 18.7 Å². The molecule has 154 valence electrons. The average Bonchev–Trinajstić information content (AvgIpc) is 2.95. The summed E-state index contributed by atoms with van der Waals surface area (Å²) in [6, 6.07) is 9.94. The number of ether oxygens (including phenoxy) is 1. The van der Waals surface area contributed by atoms with Gasteiger partial charge in [0.15, 0.2) is 0 Å². The summed E-state index contributed by atoms with van der Waals surface area (Å²) < 4.78 is 7.61. The Morgan fingerprint density at radius 2 is 1.80 bits per heavy atom. The lowest BCUT2D eigenvalue weighted by molar-refractivity contribution is -0.384. The number of thioether (sulfide) groups is 1. The minimum absolute atomic E-state index is 0.0322. The summed E-state index contributed by atoms with van der Waals surface area (Å²) in [6.45, 7) is 4.02. The minimum Gasteiger partial charge on any atom is -0.487 e. The van der Waals surface area contributed by atoms with Crippen molar-refractivity contribution in [3.05, 3.63) is 82.3 Å². The molecule has 0 radical (unpaired) electrons. The van der Waals surface area contributed by atoms with Crippen molar-refractivity contribution in [3.63, 3.8) is 0 Å². The lowest BCUT2D eigenvalue weighted by Gasteiger charge is -2.12. The predicted molar refractivity (Wildman–Crippen MR) is 132 cm³/mol. The first-order chi connectivity index (χ1) is 14.3. The van der Waals surface area contributed by atoms with E-state index in [1.807, 2.05) is 12.1 Å². The van der Waals surface area contributed by atoms with E-state index in [9.17, 15) is 19.7 Å². The molecule has 0 aromatic heterocycles. The fourth-order valence-corrected chi connectivity index (χ4v) is 5.58. The SMILES string of the molecule is C=CCN1C(=O)S/C(=C/c2cc(I)c(OCc3ccc([N+](=O)[O-])cc3)c(I)c2)C1=O. The zero-order chi connectivity index (χ0) is 21.8. The van der Waals surface area contributed by atoms with E-state index in [4.69, 9.17) is 4.74 Å². The number of rotatable bonds is 7. The van der Waals surface area contributed by atoms with Crippen LogP contribution in [-0.4, -0.2) is 27.5 Å². The fraction of sp³-hybridized carbons (Fsp3) is 0.100. The molecule has 1 aliphatic heterocycles. The topological polar surface area (TPSA) is 89.8 Å². The van der Waals surface area contributed by atoms with E-state index in [-0.39, 0.29) is 30.0 Å². The highest BCUT2D eigenvalue weighted by molar-refractivity contribution is 14.1. The van der Waals surface area contributed by atoms with Crippen LogP contribution in [0.2, 0.25) is 0 Å². The van der Waals surface area contributed by atoms with Gasteiger partial charge in [0.05, 0.1) is 17.0 Å². The zero-order valence-electron chi connectivity index (χ0n) is 15.3. The number of hydrogen-bond donors (Lipinski definition) is 0. The predicted octanol–water partition coefficient (Wildman–Crippen LogP) is 5.61. The van der Waals surface area contributed by atoms with E-state index < -0.39 is 4.92 Å². The maximum Gasteiger partial charge on any atom is 0.293 e. The number of carbonyl (C=O) groups excluding carboxylic acids is 2. The van der Waals surface area contributed by atoms with Crippen molar-refractivity contribution < 1.29 is 19.2 Å². The van der Waals surface area contributed by atoms with Crippen LogP contribution in [0.15, 0.2) is 54.0 Å². The molecule has 0 spiro atoms. The number of hydrogen-bond acceptors (Lipinski definition) is 6. The van der Waals surface area contributed by atoms with Crippen molar-refractivity contribution in [1.29, 1.82) is 0 Å². The van der Waals surface area contributed by atoms with Gasteiger partial charge in [-0.1, -0.05) is 6.08 Å². The molecule has 1 fully saturated rings. The highest BCUT2D eigenvalue weighted by atomic mass is 127. The van der Waals surface area contributed by atoms with Gasteiger partial charge in [0.2, 0.25) is 0 Å². The molecule has 0 N–H and O–H groups in total. The number of nitro groups is 1. The number of carbonyl (C=O) groups is 2. The first-order valence-electron chi connectivity index (χ1n) is 8.51. The van der Waals surface area contributed by atoms with Gasteiger partial charge >= 0.3 is 0 Å². The molecule has 7 nitrogen and oxygen atoms in total. The summed E-state index contributed by atoms with van der Waals surface area (Å²) in [4.78, 5) is 36.2. The van der Waals surface area contributed by atoms with Gasteiger partial charge in [-0.15, -0.1) is 6.58 Å². The monoisotopic (exact) mass is 648 g/mol. The Morgan fingerprint density at radius 3 is 2.37 bits per heavy atom. The van der Waals surface area contributed by atoms with Gasteiger partial charge in [-0.3, -0.25) is 24.6 Å². The van der Waals surface area contributed by atoms with E-state index in [0.29, 0.717) is 10.7 Å². The first kappa shape index (κ1) is 22.7. The maximum absolute atomic E-state index is 12.4. The summed E-state index contributed by atoms with van der Waals surface area (Å²) in [5, 5.41) is 10.4. The Kier molecular flexibility index (Phi) is 7.52. The van der Waals surface area contributed by atoms with Crippen LogP contribution in [0.3, 0.4) is 0 Å². The molecule has 2 amide bonds. The Balaban J connectivity index is 1.75. The summed E-state index contributed by atoms with van der Waals surface area (Å²) in [5.74, 6) is 0.361. The molecule has 2 aromatic rings. The second kappa shape index (κ2) is 9.92. The van der Waals surface area contributed by atoms with Crippen LogP contribution in [0.25, 0.3) is 6.08 Å². The Morgan fingerprint density at radius 1 is 1.17 bits per heavy atom. The molecule has 1 heterocycles. The van der Waals surface area contributed by atoms with Gasteiger partial charge in [0.1, 0.15) is 12.4 Å². The Bertz CT molecular complexity index is 1050. The zero-order valence-corrected chi connectivity index (χ0v) is 20.5. The van der Waals surface area contributed by atoms with Gasteiger partial charge in [0.25, 0.3) is 16.8 Å². The number of nitro benzene ring substituents is 1.